The van der Waals surface area contributed by atoms with Gasteiger partial charge in [0.25, 0.3) is 5.91 Å². The van der Waals surface area contributed by atoms with Crippen molar-refractivity contribution >= 4 is 22.5 Å². The van der Waals surface area contributed by atoms with E-state index in [0.717, 1.165) is 10.9 Å². The monoisotopic (exact) mass is 233 g/mol. The van der Waals surface area contributed by atoms with Crippen molar-refractivity contribution in [3.8, 4) is 0 Å². The van der Waals surface area contributed by atoms with Crippen molar-refractivity contribution in [1.82, 2.24) is 10.3 Å². The lowest BCUT2D eigenvalue weighted by Gasteiger charge is -2.09. The number of hydrogen-bond acceptors (Lipinski definition) is 3. The molecule has 0 aliphatic heterocycles. The van der Waals surface area contributed by atoms with Crippen LogP contribution in [0.3, 0.4) is 0 Å². The Balaban J connectivity index is 2.33. The molecule has 0 fully saturated rings. The average Bonchev–Trinajstić information content (AvgIpc) is 2.71. The van der Waals surface area contributed by atoms with Gasteiger partial charge < -0.3 is 21.1 Å². The highest BCUT2D eigenvalue weighted by Gasteiger charge is 2.13. The fraction of sp³-hybridized carbons (Fsp3) is 0.250. The summed E-state index contributed by atoms with van der Waals surface area (Å²) in [7, 11) is 0. The molecule has 0 saturated carbocycles. The lowest BCUT2D eigenvalue weighted by Crippen LogP contribution is -2.34. The maximum Gasteiger partial charge on any atom is 0.253 e. The first-order valence-electron chi connectivity index (χ1n) is 5.40. The molecule has 5 nitrogen and oxygen atoms in total. The zero-order valence-corrected chi connectivity index (χ0v) is 9.53. The Morgan fingerprint density at radius 3 is 3.06 bits per heavy atom. The number of anilines is 1. The molecule has 0 bridgehead atoms. The molecule has 5 N–H and O–H groups in total. The number of benzene rings is 1. The lowest BCUT2D eigenvalue weighted by atomic mass is 10.1. The number of aliphatic hydroxyl groups is 1. The van der Waals surface area contributed by atoms with E-state index in [9.17, 15) is 4.79 Å². The molecule has 0 spiro atoms. The number of fused-ring (bicyclic) bond motifs is 1. The summed E-state index contributed by atoms with van der Waals surface area (Å²) < 4.78 is 0. The maximum absolute atomic E-state index is 11.9. The minimum absolute atomic E-state index is 0.0823. The molecular weight excluding hydrogens is 218 g/mol. The van der Waals surface area contributed by atoms with Gasteiger partial charge in [-0.25, -0.2) is 0 Å². The summed E-state index contributed by atoms with van der Waals surface area (Å²) in [6.45, 7) is 1.66. The van der Waals surface area contributed by atoms with E-state index in [4.69, 9.17) is 10.8 Å². The minimum Gasteiger partial charge on any atom is -0.399 e. The zero-order chi connectivity index (χ0) is 12.4. The first kappa shape index (κ1) is 11.5. The van der Waals surface area contributed by atoms with Crippen molar-refractivity contribution in [3.63, 3.8) is 0 Å². The summed E-state index contributed by atoms with van der Waals surface area (Å²) in [4.78, 5) is 14.9. The van der Waals surface area contributed by atoms with Crippen LogP contribution in [0.1, 0.15) is 17.3 Å². The molecule has 0 radical (unpaired) electrons. The van der Waals surface area contributed by atoms with Crippen LogP contribution >= 0.6 is 0 Å². The summed E-state index contributed by atoms with van der Waals surface area (Å²) in [5.41, 5.74) is 7.69. The topological polar surface area (TPSA) is 91.1 Å². The molecule has 1 aromatic heterocycles. The number of nitrogens with two attached hydrogens (primary N) is 1. The van der Waals surface area contributed by atoms with Gasteiger partial charge in [0.05, 0.1) is 12.2 Å². The summed E-state index contributed by atoms with van der Waals surface area (Å²) >= 11 is 0. The zero-order valence-electron chi connectivity index (χ0n) is 9.53. The number of hydrogen-bond donors (Lipinski definition) is 4. The van der Waals surface area contributed by atoms with Crippen LogP contribution in [0, 0.1) is 0 Å². The Kier molecular flexibility index (Phi) is 3.01. The Labute approximate surface area is 98.6 Å². The van der Waals surface area contributed by atoms with Crippen molar-refractivity contribution in [2.45, 2.75) is 13.0 Å². The molecule has 1 atom stereocenters. The van der Waals surface area contributed by atoms with Gasteiger partial charge in [-0.2, -0.15) is 0 Å². The number of aromatic amines is 1. The summed E-state index contributed by atoms with van der Waals surface area (Å²) in [6, 6.07) is 5.07. The van der Waals surface area contributed by atoms with Crippen LogP contribution in [0.2, 0.25) is 0 Å². The van der Waals surface area contributed by atoms with E-state index >= 15 is 0 Å². The van der Waals surface area contributed by atoms with Gasteiger partial charge >= 0.3 is 0 Å². The van der Waals surface area contributed by atoms with E-state index in [1.54, 1.807) is 31.3 Å². The van der Waals surface area contributed by atoms with Gasteiger partial charge in [0.1, 0.15) is 0 Å². The van der Waals surface area contributed by atoms with Gasteiger partial charge in [-0.05, 0) is 25.1 Å². The van der Waals surface area contributed by atoms with E-state index in [1.807, 2.05) is 0 Å². The number of rotatable bonds is 3. The molecule has 1 heterocycles. The number of H-pyrrole nitrogens is 1. The van der Waals surface area contributed by atoms with Crippen molar-refractivity contribution in [3.05, 3.63) is 30.0 Å². The molecular formula is C12H15N3O2. The SMILES string of the molecule is C[C@H](CO)NC(=O)c1c[nH]c2cc(N)ccc12. The van der Waals surface area contributed by atoms with Crippen molar-refractivity contribution in [2.75, 3.05) is 12.3 Å². The van der Waals surface area contributed by atoms with Crippen LogP contribution < -0.4 is 11.1 Å². The van der Waals surface area contributed by atoms with Gasteiger partial charge in [-0.1, -0.05) is 0 Å². The molecule has 0 aliphatic carbocycles. The van der Waals surface area contributed by atoms with Gasteiger partial charge in [0, 0.05) is 28.8 Å². The second-order valence-corrected chi connectivity index (χ2v) is 4.06. The largest absolute Gasteiger partial charge is 0.399 e. The fourth-order valence-electron chi connectivity index (χ4n) is 1.68. The van der Waals surface area contributed by atoms with E-state index in [1.165, 1.54) is 0 Å². The van der Waals surface area contributed by atoms with E-state index in [0.29, 0.717) is 11.3 Å². The van der Waals surface area contributed by atoms with Crippen LogP contribution in [0.4, 0.5) is 5.69 Å². The molecule has 90 valence electrons. The number of aromatic nitrogens is 1. The molecule has 0 aliphatic rings. The number of amides is 1. The van der Waals surface area contributed by atoms with Crippen LogP contribution in [0.25, 0.3) is 10.9 Å². The van der Waals surface area contributed by atoms with E-state index in [2.05, 4.69) is 10.3 Å². The third-order valence-corrected chi connectivity index (χ3v) is 2.60. The number of aliphatic hydroxyl groups excluding tert-OH is 1. The Morgan fingerprint density at radius 2 is 2.35 bits per heavy atom. The van der Waals surface area contributed by atoms with Gasteiger partial charge in [-0.3, -0.25) is 4.79 Å². The lowest BCUT2D eigenvalue weighted by molar-refractivity contribution is 0.0924. The third kappa shape index (κ3) is 2.24. The minimum atomic E-state index is -0.263. The molecule has 1 amide bonds. The van der Waals surface area contributed by atoms with E-state index in [-0.39, 0.29) is 18.6 Å². The van der Waals surface area contributed by atoms with Gasteiger partial charge in [0.15, 0.2) is 0 Å². The van der Waals surface area contributed by atoms with E-state index < -0.39 is 0 Å². The summed E-state index contributed by atoms with van der Waals surface area (Å²) in [6.07, 6.45) is 1.64. The maximum atomic E-state index is 11.9. The number of carbonyl (C=O) groups excluding carboxylic acids is 1. The van der Waals surface area contributed by atoms with Crippen molar-refractivity contribution in [2.24, 2.45) is 0 Å². The van der Waals surface area contributed by atoms with Gasteiger partial charge in [-0.15, -0.1) is 0 Å². The van der Waals surface area contributed by atoms with Crippen LogP contribution in [0.15, 0.2) is 24.4 Å². The first-order valence-corrected chi connectivity index (χ1v) is 5.40. The van der Waals surface area contributed by atoms with Crippen LogP contribution in [0.5, 0.6) is 0 Å². The predicted octanol–water partition coefficient (Wildman–Crippen LogP) is 0.861. The van der Waals surface area contributed by atoms with Crippen LogP contribution in [-0.4, -0.2) is 28.6 Å². The number of carbonyl (C=O) groups is 1. The number of nitrogen functional groups attached to an aromatic ring is 1. The molecule has 0 unspecified atom stereocenters. The standard InChI is InChI=1S/C12H15N3O2/c1-7(6-16)15-12(17)10-5-14-11-4-8(13)2-3-9(10)11/h2-5,7,14,16H,6,13H2,1H3,(H,15,17)/t7-/m1/s1. The molecule has 17 heavy (non-hydrogen) atoms. The highest BCUT2D eigenvalue weighted by Crippen LogP contribution is 2.20. The second-order valence-electron chi connectivity index (χ2n) is 4.06. The second kappa shape index (κ2) is 4.47. The van der Waals surface area contributed by atoms with Crippen molar-refractivity contribution < 1.29 is 9.90 Å². The Morgan fingerprint density at radius 1 is 1.59 bits per heavy atom. The first-order chi connectivity index (χ1) is 8.11. The molecule has 0 saturated heterocycles. The van der Waals surface area contributed by atoms with Crippen molar-refractivity contribution in [1.29, 1.82) is 0 Å². The number of nitrogens with one attached hydrogen (secondary N) is 2. The normalized spacial score (nSPS) is 12.6. The third-order valence-electron chi connectivity index (χ3n) is 2.60. The highest BCUT2D eigenvalue weighted by atomic mass is 16.3. The molecule has 5 heteroatoms. The smallest absolute Gasteiger partial charge is 0.253 e. The highest BCUT2D eigenvalue weighted by molar-refractivity contribution is 6.07. The Bertz CT molecular complexity index is 548. The molecule has 2 aromatic rings. The summed E-state index contributed by atoms with van der Waals surface area (Å²) in [5.74, 6) is -0.206. The quantitative estimate of drug-likeness (QED) is 0.592. The molecule has 1 aromatic carbocycles. The van der Waals surface area contributed by atoms with Gasteiger partial charge in [0.2, 0.25) is 0 Å². The fourth-order valence-corrected chi connectivity index (χ4v) is 1.68. The van der Waals surface area contributed by atoms with Crippen LogP contribution in [-0.2, 0) is 0 Å². The summed E-state index contributed by atoms with van der Waals surface area (Å²) in [5, 5.41) is 12.4. The Hall–Kier alpha value is -2.01. The predicted molar refractivity (Wildman–Crippen MR) is 66.7 cm³/mol. The average molecular weight is 233 g/mol. The molecule has 2 rings (SSSR count).